The van der Waals surface area contributed by atoms with Crippen LogP contribution in [0.15, 0.2) is 47.9 Å². The number of aromatic nitrogens is 1. The van der Waals surface area contributed by atoms with E-state index < -0.39 is 16.6 Å². The number of carbonyl (C=O) groups excluding carboxylic acids is 1. The number of nitrogens with zero attached hydrogens (tertiary/aromatic N) is 2. The Labute approximate surface area is 129 Å². The predicted octanol–water partition coefficient (Wildman–Crippen LogP) is 1.54. The van der Waals surface area contributed by atoms with E-state index in [1.165, 1.54) is 12.1 Å². The number of aromatic amines is 1. The van der Waals surface area contributed by atoms with E-state index in [1.807, 2.05) is 0 Å². The number of benzene rings is 1. The van der Waals surface area contributed by atoms with E-state index in [2.05, 4.69) is 15.0 Å². The van der Waals surface area contributed by atoms with Gasteiger partial charge < -0.3 is 10.6 Å². The first-order chi connectivity index (χ1) is 10.5. The predicted molar refractivity (Wildman–Crippen MR) is 77.2 cm³/mol. The monoisotopic (exact) mass is 321 g/mol. The molecule has 0 radical (unpaired) electrons. The largest absolute Gasteiger partial charge is 0.380 e. The molecule has 2 rings (SSSR count). The standard InChI is InChI=1S/C13H9ClN4O4/c14-10-2-1-9(7-11(10)18(20)21)13(19)22-17-12(15)8-3-5-16-6-4-8/h1-7H,(H2,15,17)/p+1. The molecule has 0 atom stereocenters. The van der Waals surface area contributed by atoms with Crippen molar-refractivity contribution in [2.75, 3.05) is 0 Å². The Morgan fingerprint density at radius 2 is 1.95 bits per heavy atom. The smallest absolute Gasteiger partial charge is 0.366 e. The molecule has 0 aliphatic heterocycles. The minimum Gasteiger partial charge on any atom is -0.380 e. The summed E-state index contributed by atoms with van der Waals surface area (Å²) in [5.41, 5.74) is 5.75. The van der Waals surface area contributed by atoms with Crippen molar-refractivity contribution >= 4 is 29.1 Å². The van der Waals surface area contributed by atoms with Crippen LogP contribution in [0.4, 0.5) is 5.69 Å². The van der Waals surface area contributed by atoms with Crippen LogP contribution in [0.5, 0.6) is 0 Å². The number of nitro benzene ring substituents is 1. The zero-order valence-corrected chi connectivity index (χ0v) is 11.8. The highest BCUT2D eigenvalue weighted by atomic mass is 35.5. The zero-order chi connectivity index (χ0) is 16.1. The number of hydrogen-bond acceptors (Lipinski definition) is 5. The van der Waals surface area contributed by atoms with E-state index in [9.17, 15) is 14.9 Å². The number of pyridine rings is 1. The Morgan fingerprint density at radius 1 is 1.27 bits per heavy atom. The van der Waals surface area contributed by atoms with Gasteiger partial charge in [0.05, 0.1) is 10.5 Å². The molecule has 2 aromatic rings. The molecule has 9 heteroatoms. The van der Waals surface area contributed by atoms with Crippen LogP contribution in [-0.2, 0) is 4.84 Å². The third-order valence-corrected chi connectivity index (χ3v) is 2.94. The second-order valence-corrected chi connectivity index (χ2v) is 4.47. The molecule has 3 N–H and O–H groups in total. The number of nitro groups is 1. The van der Waals surface area contributed by atoms with Gasteiger partial charge in [0.1, 0.15) is 5.02 Å². The van der Waals surface area contributed by atoms with Gasteiger partial charge in [-0.3, -0.25) is 10.1 Å². The van der Waals surface area contributed by atoms with Crippen LogP contribution in [0.1, 0.15) is 15.9 Å². The summed E-state index contributed by atoms with van der Waals surface area (Å²) in [6.07, 6.45) is 3.25. The molecule has 0 aliphatic rings. The van der Waals surface area contributed by atoms with Crippen LogP contribution in [0, 0.1) is 10.1 Å². The summed E-state index contributed by atoms with van der Waals surface area (Å²) in [5, 5.41) is 14.2. The third kappa shape index (κ3) is 3.55. The lowest BCUT2D eigenvalue weighted by Gasteiger charge is -2.01. The first-order valence-electron chi connectivity index (χ1n) is 5.94. The van der Waals surface area contributed by atoms with Crippen molar-refractivity contribution in [3.63, 3.8) is 0 Å². The lowest BCUT2D eigenvalue weighted by molar-refractivity contribution is -0.384. The third-order valence-electron chi connectivity index (χ3n) is 2.62. The van der Waals surface area contributed by atoms with Gasteiger partial charge in [0.25, 0.3) is 5.69 Å². The van der Waals surface area contributed by atoms with Gasteiger partial charge in [-0.25, -0.2) is 9.78 Å². The number of amidine groups is 1. The van der Waals surface area contributed by atoms with Gasteiger partial charge >= 0.3 is 5.97 Å². The Bertz CT molecular complexity index is 749. The second kappa shape index (κ2) is 6.64. The molecule has 0 bridgehead atoms. The summed E-state index contributed by atoms with van der Waals surface area (Å²) in [6, 6.07) is 6.81. The molecular weight excluding hydrogens is 312 g/mol. The van der Waals surface area contributed by atoms with Gasteiger partial charge in [0.2, 0.25) is 0 Å². The molecule has 1 aromatic carbocycles. The maximum Gasteiger partial charge on any atom is 0.366 e. The van der Waals surface area contributed by atoms with Crippen molar-refractivity contribution < 1.29 is 19.5 Å². The number of H-pyrrole nitrogens is 1. The lowest BCUT2D eigenvalue weighted by Crippen LogP contribution is -2.16. The molecule has 1 heterocycles. The highest BCUT2D eigenvalue weighted by Gasteiger charge is 2.17. The molecule has 8 nitrogen and oxygen atoms in total. The highest BCUT2D eigenvalue weighted by Crippen LogP contribution is 2.25. The molecule has 0 amide bonds. The second-order valence-electron chi connectivity index (χ2n) is 4.07. The average Bonchev–Trinajstić information content (AvgIpc) is 2.53. The van der Waals surface area contributed by atoms with Crippen molar-refractivity contribution in [3.05, 3.63) is 69.0 Å². The molecule has 0 saturated carbocycles. The van der Waals surface area contributed by atoms with Gasteiger partial charge in [-0.15, -0.1) is 0 Å². The Balaban J connectivity index is 2.16. The van der Waals surface area contributed by atoms with E-state index in [-0.39, 0.29) is 16.4 Å². The fourth-order valence-electron chi connectivity index (χ4n) is 1.53. The number of nitrogens with two attached hydrogens (primary N) is 1. The molecule has 0 aliphatic carbocycles. The highest BCUT2D eigenvalue weighted by molar-refractivity contribution is 6.32. The molecular formula is C13H10ClN4O4+. The summed E-state index contributed by atoms with van der Waals surface area (Å²) in [7, 11) is 0. The number of hydrogen-bond donors (Lipinski definition) is 1. The molecule has 22 heavy (non-hydrogen) atoms. The van der Waals surface area contributed by atoms with Crippen LogP contribution in [0.2, 0.25) is 5.02 Å². The van der Waals surface area contributed by atoms with Crippen molar-refractivity contribution in [1.29, 1.82) is 0 Å². The van der Waals surface area contributed by atoms with Crippen LogP contribution in [0.3, 0.4) is 0 Å². The number of nitrogens with one attached hydrogen (secondary N) is 1. The average molecular weight is 322 g/mol. The van der Waals surface area contributed by atoms with E-state index in [4.69, 9.17) is 17.3 Å². The van der Waals surface area contributed by atoms with Crippen LogP contribution >= 0.6 is 11.6 Å². The Hall–Kier alpha value is -3.00. The fraction of sp³-hybridized carbons (Fsp3) is 0. The van der Waals surface area contributed by atoms with Gasteiger partial charge in [0, 0.05) is 23.8 Å². The van der Waals surface area contributed by atoms with E-state index in [0.717, 1.165) is 6.07 Å². The maximum absolute atomic E-state index is 11.8. The van der Waals surface area contributed by atoms with E-state index in [1.54, 1.807) is 24.5 Å². The van der Waals surface area contributed by atoms with Crippen molar-refractivity contribution in [3.8, 4) is 0 Å². The Kier molecular flexibility index (Phi) is 4.64. The van der Waals surface area contributed by atoms with Crippen molar-refractivity contribution in [2.45, 2.75) is 0 Å². The molecule has 0 unspecified atom stereocenters. The molecule has 112 valence electrons. The molecule has 0 fully saturated rings. The summed E-state index contributed by atoms with van der Waals surface area (Å²) in [5.74, 6) is -0.893. The van der Waals surface area contributed by atoms with Gasteiger partial charge in [0.15, 0.2) is 18.2 Å². The number of carbonyl (C=O) groups is 1. The lowest BCUT2D eigenvalue weighted by atomic mass is 10.2. The molecule has 0 saturated heterocycles. The topological polar surface area (TPSA) is 122 Å². The minimum atomic E-state index is -0.884. The first-order valence-corrected chi connectivity index (χ1v) is 6.32. The van der Waals surface area contributed by atoms with Crippen molar-refractivity contribution in [2.24, 2.45) is 10.9 Å². The number of halogens is 1. The van der Waals surface area contributed by atoms with Crippen LogP contribution in [-0.4, -0.2) is 16.7 Å². The van der Waals surface area contributed by atoms with Crippen LogP contribution < -0.4 is 10.7 Å². The molecule has 1 aromatic heterocycles. The number of rotatable bonds is 4. The maximum atomic E-state index is 11.8. The normalized spacial score (nSPS) is 11.0. The van der Waals surface area contributed by atoms with E-state index in [0.29, 0.717) is 5.56 Å². The van der Waals surface area contributed by atoms with E-state index >= 15 is 0 Å². The molecule has 0 spiro atoms. The quantitative estimate of drug-likeness (QED) is 0.301. The first kappa shape index (κ1) is 15.4. The number of oxime groups is 1. The Morgan fingerprint density at radius 3 is 2.59 bits per heavy atom. The summed E-state index contributed by atoms with van der Waals surface area (Å²) < 4.78 is 0. The summed E-state index contributed by atoms with van der Waals surface area (Å²) in [6.45, 7) is 0. The van der Waals surface area contributed by atoms with Gasteiger partial charge in [-0.2, -0.15) is 0 Å². The summed E-state index contributed by atoms with van der Waals surface area (Å²) in [4.78, 5) is 29.4. The van der Waals surface area contributed by atoms with Gasteiger partial charge in [-0.05, 0) is 12.1 Å². The van der Waals surface area contributed by atoms with Crippen LogP contribution in [0.25, 0.3) is 0 Å². The minimum absolute atomic E-state index is 0.00851. The van der Waals surface area contributed by atoms with Crippen molar-refractivity contribution in [1.82, 2.24) is 0 Å². The fourth-order valence-corrected chi connectivity index (χ4v) is 1.72. The summed E-state index contributed by atoms with van der Waals surface area (Å²) >= 11 is 5.66. The van der Waals surface area contributed by atoms with Gasteiger partial charge in [-0.1, -0.05) is 16.8 Å². The SMILES string of the molecule is NC(=NOC(=O)c1ccc(Cl)c([N+](=O)[O-])c1)c1cc[nH+]cc1. The zero-order valence-electron chi connectivity index (χ0n) is 11.0.